The second-order valence-corrected chi connectivity index (χ2v) is 4.60. The number of pyridine rings is 1. The number of nitrogens with one attached hydrogen (secondary N) is 2. The molecule has 1 heterocycles. The van der Waals surface area contributed by atoms with Gasteiger partial charge >= 0.3 is 0 Å². The molecule has 0 aliphatic rings. The minimum atomic E-state index is 0. The van der Waals surface area contributed by atoms with E-state index in [1.54, 1.807) is 7.05 Å². The summed E-state index contributed by atoms with van der Waals surface area (Å²) < 4.78 is 0. The van der Waals surface area contributed by atoms with Gasteiger partial charge in [-0.05, 0) is 24.8 Å². The molecule has 0 atom stereocenters. The number of halogens is 1. The standard InChI is InChI=1S/C12H20N4S.HI/c1-10-5-4-6-14-11(10)9-16-12(13-2)15-7-8-17-3;/h4-6H,7-9H2,1-3H3,(H2,13,15,16);1H. The van der Waals surface area contributed by atoms with Gasteiger partial charge in [0.15, 0.2) is 5.96 Å². The molecule has 4 nitrogen and oxygen atoms in total. The van der Waals surface area contributed by atoms with Crippen LogP contribution in [0.2, 0.25) is 0 Å². The van der Waals surface area contributed by atoms with E-state index in [1.165, 1.54) is 5.56 Å². The van der Waals surface area contributed by atoms with E-state index in [4.69, 9.17) is 0 Å². The van der Waals surface area contributed by atoms with Crippen molar-refractivity contribution in [1.29, 1.82) is 0 Å². The first-order valence-electron chi connectivity index (χ1n) is 5.62. The Morgan fingerprint density at radius 3 is 2.83 bits per heavy atom. The molecule has 1 aromatic rings. The van der Waals surface area contributed by atoms with Crippen LogP contribution in [0.5, 0.6) is 0 Å². The van der Waals surface area contributed by atoms with E-state index in [0.717, 1.165) is 24.0 Å². The fourth-order valence-electron chi connectivity index (χ4n) is 1.36. The van der Waals surface area contributed by atoms with Crippen LogP contribution >= 0.6 is 35.7 Å². The Hall–Kier alpha value is -0.500. The molecule has 0 saturated heterocycles. The highest BCUT2D eigenvalue weighted by Gasteiger charge is 2.00. The molecule has 0 aliphatic heterocycles. The Morgan fingerprint density at radius 2 is 2.22 bits per heavy atom. The van der Waals surface area contributed by atoms with Crippen LogP contribution in [0, 0.1) is 6.92 Å². The molecule has 0 radical (unpaired) electrons. The van der Waals surface area contributed by atoms with E-state index in [1.807, 2.05) is 24.0 Å². The van der Waals surface area contributed by atoms with Gasteiger partial charge in [-0.2, -0.15) is 11.8 Å². The van der Waals surface area contributed by atoms with Gasteiger partial charge in [-0.15, -0.1) is 24.0 Å². The molecule has 1 rings (SSSR count). The molecular weight excluding hydrogens is 359 g/mol. The molecule has 0 spiro atoms. The summed E-state index contributed by atoms with van der Waals surface area (Å²) in [5.74, 6) is 1.90. The topological polar surface area (TPSA) is 49.3 Å². The Balaban J connectivity index is 0.00000289. The average molecular weight is 380 g/mol. The average Bonchev–Trinajstić information content (AvgIpc) is 2.35. The van der Waals surface area contributed by atoms with Gasteiger partial charge in [0.05, 0.1) is 12.2 Å². The van der Waals surface area contributed by atoms with Crippen molar-refractivity contribution in [2.45, 2.75) is 13.5 Å². The van der Waals surface area contributed by atoms with Gasteiger partial charge in [-0.3, -0.25) is 9.98 Å². The van der Waals surface area contributed by atoms with Crippen molar-refractivity contribution in [3.8, 4) is 0 Å². The molecule has 2 N–H and O–H groups in total. The van der Waals surface area contributed by atoms with E-state index >= 15 is 0 Å². The molecule has 1 aromatic heterocycles. The monoisotopic (exact) mass is 380 g/mol. The number of guanidine groups is 1. The molecular formula is C12H21IN4S. The number of thioether (sulfide) groups is 1. The number of aliphatic imine (C=N–C) groups is 1. The van der Waals surface area contributed by atoms with E-state index in [9.17, 15) is 0 Å². The van der Waals surface area contributed by atoms with E-state index in [0.29, 0.717) is 6.54 Å². The van der Waals surface area contributed by atoms with Crippen molar-refractivity contribution in [2.24, 2.45) is 4.99 Å². The third-order valence-electron chi connectivity index (χ3n) is 2.36. The van der Waals surface area contributed by atoms with Crippen LogP contribution in [0.3, 0.4) is 0 Å². The molecule has 0 saturated carbocycles. The van der Waals surface area contributed by atoms with Crippen LogP contribution in [0.15, 0.2) is 23.3 Å². The number of hydrogen-bond donors (Lipinski definition) is 2. The van der Waals surface area contributed by atoms with Crippen LogP contribution in [-0.2, 0) is 6.54 Å². The zero-order chi connectivity index (χ0) is 12.5. The highest BCUT2D eigenvalue weighted by molar-refractivity contribution is 14.0. The third-order valence-corrected chi connectivity index (χ3v) is 2.98. The van der Waals surface area contributed by atoms with Crippen LogP contribution < -0.4 is 10.6 Å². The predicted molar refractivity (Wildman–Crippen MR) is 91.0 cm³/mol. The summed E-state index contributed by atoms with van der Waals surface area (Å²) in [5, 5.41) is 6.50. The first-order valence-corrected chi connectivity index (χ1v) is 7.01. The summed E-state index contributed by atoms with van der Waals surface area (Å²) in [6.45, 7) is 3.68. The van der Waals surface area contributed by atoms with Crippen molar-refractivity contribution in [3.63, 3.8) is 0 Å². The summed E-state index contributed by atoms with van der Waals surface area (Å²) >= 11 is 1.81. The van der Waals surface area contributed by atoms with Crippen LogP contribution in [0.1, 0.15) is 11.3 Å². The SMILES string of the molecule is CN=C(NCCSC)NCc1ncccc1C.I. The molecule has 0 fully saturated rings. The fraction of sp³-hybridized carbons (Fsp3) is 0.500. The van der Waals surface area contributed by atoms with Gasteiger partial charge in [0.1, 0.15) is 0 Å². The van der Waals surface area contributed by atoms with Crippen molar-refractivity contribution < 1.29 is 0 Å². The van der Waals surface area contributed by atoms with Crippen LogP contribution in [0.4, 0.5) is 0 Å². The van der Waals surface area contributed by atoms with Crippen molar-refractivity contribution in [1.82, 2.24) is 15.6 Å². The van der Waals surface area contributed by atoms with Gasteiger partial charge in [-0.25, -0.2) is 0 Å². The lowest BCUT2D eigenvalue weighted by Gasteiger charge is -2.11. The zero-order valence-electron chi connectivity index (χ0n) is 11.1. The van der Waals surface area contributed by atoms with Crippen molar-refractivity contribution in [2.75, 3.05) is 25.6 Å². The molecule has 6 heteroatoms. The smallest absolute Gasteiger partial charge is 0.191 e. The summed E-state index contributed by atoms with van der Waals surface area (Å²) in [6, 6.07) is 4.01. The molecule has 102 valence electrons. The Morgan fingerprint density at radius 1 is 1.44 bits per heavy atom. The molecule has 0 unspecified atom stereocenters. The Labute approximate surface area is 130 Å². The van der Waals surface area contributed by atoms with E-state index in [2.05, 4.69) is 39.9 Å². The zero-order valence-corrected chi connectivity index (χ0v) is 14.2. The maximum absolute atomic E-state index is 4.33. The predicted octanol–water partition coefficient (Wildman–Crippen LogP) is 2.04. The lowest BCUT2D eigenvalue weighted by atomic mass is 10.2. The first-order chi connectivity index (χ1) is 8.27. The number of nitrogens with zero attached hydrogens (tertiary/aromatic N) is 2. The lowest BCUT2D eigenvalue weighted by Crippen LogP contribution is -2.38. The normalized spacial score (nSPS) is 10.7. The fourth-order valence-corrected chi connectivity index (χ4v) is 1.67. The Kier molecular flexibility index (Phi) is 10.1. The van der Waals surface area contributed by atoms with Gasteiger partial charge in [-0.1, -0.05) is 6.07 Å². The summed E-state index contributed by atoms with van der Waals surface area (Å²) in [5.41, 5.74) is 2.25. The molecule has 0 aromatic carbocycles. The van der Waals surface area contributed by atoms with Gasteiger partial charge in [0.25, 0.3) is 0 Å². The van der Waals surface area contributed by atoms with Crippen molar-refractivity contribution in [3.05, 3.63) is 29.6 Å². The maximum atomic E-state index is 4.33. The van der Waals surface area contributed by atoms with Crippen LogP contribution in [0.25, 0.3) is 0 Å². The number of rotatable bonds is 5. The summed E-state index contributed by atoms with van der Waals surface area (Å²) in [7, 11) is 1.78. The summed E-state index contributed by atoms with van der Waals surface area (Å²) in [4.78, 5) is 8.49. The highest BCUT2D eigenvalue weighted by Crippen LogP contribution is 2.01. The van der Waals surface area contributed by atoms with Gasteiger partial charge < -0.3 is 10.6 Å². The number of aryl methyl sites for hydroxylation is 1. The number of hydrogen-bond acceptors (Lipinski definition) is 3. The van der Waals surface area contributed by atoms with E-state index in [-0.39, 0.29) is 24.0 Å². The second kappa shape index (κ2) is 10.4. The quantitative estimate of drug-likeness (QED) is 0.355. The summed E-state index contributed by atoms with van der Waals surface area (Å²) in [6.07, 6.45) is 3.91. The van der Waals surface area contributed by atoms with Gasteiger partial charge in [0, 0.05) is 25.5 Å². The van der Waals surface area contributed by atoms with Crippen molar-refractivity contribution >= 4 is 41.7 Å². The Bertz CT molecular complexity index is 371. The second-order valence-electron chi connectivity index (χ2n) is 3.61. The molecule has 0 amide bonds. The third kappa shape index (κ3) is 6.44. The molecule has 0 bridgehead atoms. The maximum Gasteiger partial charge on any atom is 0.191 e. The molecule has 18 heavy (non-hydrogen) atoms. The minimum absolute atomic E-state index is 0. The minimum Gasteiger partial charge on any atom is -0.356 e. The highest BCUT2D eigenvalue weighted by atomic mass is 127. The first kappa shape index (κ1) is 17.5. The van der Waals surface area contributed by atoms with Gasteiger partial charge in [0.2, 0.25) is 0 Å². The van der Waals surface area contributed by atoms with Crippen LogP contribution in [-0.4, -0.2) is 36.5 Å². The largest absolute Gasteiger partial charge is 0.356 e. The number of aromatic nitrogens is 1. The molecule has 0 aliphatic carbocycles. The van der Waals surface area contributed by atoms with E-state index < -0.39 is 0 Å². The lowest BCUT2D eigenvalue weighted by molar-refractivity contribution is 0.807.